The minimum absolute atomic E-state index is 0.0273. The number of hydrogen-bond acceptors (Lipinski definition) is 4. The lowest BCUT2D eigenvalue weighted by Gasteiger charge is -2.28. The minimum Gasteiger partial charge on any atom is -0.341 e. The standard InChI is InChI=1S/C14H21NO3S2/c1-14(2,3)13(16)15-7-6-12(11-5-4-9-19-11)20(17,18)10-8-15/h4-5,9,12H,6-8,10H2,1-3H3. The topological polar surface area (TPSA) is 54.5 Å². The summed E-state index contributed by atoms with van der Waals surface area (Å²) in [6.07, 6.45) is 0.491. The third kappa shape index (κ3) is 3.23. The molecule has 0 bridgehead atoms. The molecule has 1 amide bonds. The number of amides is 1. The van der Waals surface area contributed by atoms with Gasteiger partial charge in [-0.15, -0.1) is 11.3 Å². The van der Waals surface area contributed by atoms with Crippen LogP contribution in [0.15, 0.2) is 17.5 Å². The van der Waals surface area contributed by atoms with E-state index in [0.717, 1.165) is 4.88 Å². The van der Waals surface area contributed by atoms with Gasteiger partial charge in [0, 0.05) is 23.4 Å². The van der Waals surface area contributed by atoms with Gasteiger partial charge in [0.1, 0.15) is 0 Å². The zero-order chi connectivity index (χ0) is 15.0. The normalized spacial score (nSPS) is 23.4. The number of rotatable bonds is 1. The van der Waals surface area contributed by atoms with Gasteiger partial charge in [0.25, 0.3) is 0 Å². The van der Waals surface area contributed by atoms with Gasteiger partial charge in [0.2, 0.25) is 5.91 Å². The van der Waals surface area contributed by atoms with Crippen LogP contribution in [0.5, 0.6) is 0 Å². The summed E-state index contributed by atoms with van der Waals surface area (Å²) in [6.45, 7) is 6.42. The third-order valence-corrected chi connectivity index (χ3v) is 6.77. The Bertz CT molecular complexity index is 570. The molecule has 0 N–H and O–H groups in total. The van der Waals surface area contributed by atoms with Crippen LogP contribution in [0.4, 0.5) is 0 Å². The van der Waals surface area contributed by atoms with Crippen LogP contribution in [0, 0.1) is 5.41 Å². The van der Waals surface area contributed by atoms with E-state index in [9.17, 15) is 13.2 Å². The summed E-state index contributed by atoms with van der Waals surface area (Å²) in [5, 5.41) is 1.44. The molecule has 1 aromatic rings. The Kier molecular flexibility index (Phi) is 4.25. The second-order valence-corrected chi connectivity index (χ2v) is 9.48. The Labute approximate surface area is 124 Å². The highest BCUT2D eigenvalue weighted by atomic mass is 32.2. The van der Waals surface area contributed by atoms with Gasteiger partial charge >= 0.3 is 0 Å². The summed E-state index contributed by atoms with van der Waals surface area (Å²) in [5.41, 5.74) is -0.466. The van der Waals surface area contributed by atoms with E-state index in [-0.39, 0.29) is 11.7 Å². The Hall–Kier alpha value is -0.880. The molecule has 112 valence electrons. The molecule has 0 aromatic carbocycles. The van der Waals surface area contributed by atoms with Crippen molar-refractivity contribution in [1.29, 1.82) is 0 Å². The van der Waals surface area contributed by atoms with Crippen molar-refractivity contribution in [3.63, 3.8) is 0 Å². The molecule has 1 saturated heterocycles. The highest BCUT2D eigenvalue weighted by molar-refractivity contribution is 7.91. The summed E-state index contributed by atoms with van der Waals surface area (Å²) in [7, 11) is -3.18. The number of sulfone groups is 1. The maximum atomic E-state index is 12.4. The number of thiophene rings is 1. The zero-order valence-corrected chi connectivity index (χ0v) is 13.8. The molecule has 1 unspecified atom stereocenters. The van der Waals surface area contributed by atoms with Gasteiger partial charge in [0.05, 0.1) is 11.0 Å². The average Bonchev–Trinajstić information content (AvgIpc) is 2.79. The average molecular weight is 315 g/mol. The van der Waals surface area contributed by atoms with Crippen LogP contribution in [0.25, 0.3) is 0 Å². The molecule has 6 heteroatoms. The van der Waals surface area contributed by atoms with Crippen LogP contribution in [-0.4, -0.2) is 38.1 Å². The molecule has 20 heavy (non-hydrogen) atoms. The molecule has 1 atom stereocenters. The number of carbonyl (C=O) groups is 1. The van der Waals surface area contributed by atoms with Gasteiger partial charge in [-0.2, -0.15) is 0 Å². The fraction of sp³-hybridized carbons (Fsp3) is 0.643. The predicted molar refractivity (Wildman–Crippen MR) is 81.5 cm³/mol. The van der Waals surface area contributed by atoms with Crippen LogP contribution in [0.2, 0.25) is 0 Å². The summed E-state index contributed by atoms with van der Waals surface area (Å²) in [5.74, 6) is 0.0803. The SMILES string of the molecule is CC(C)(C)C(=O)N1CCC(c2cccs2)S(=O)(=O)CC1. The Morgan fingerprint density at radius 3 is 2.60 bits per heavy atom. The van der Waals surface area contributed by atoms with Crippen molar-refractivity contribution < 1.29 is 13.2 Å². The van der Waals surface area contributed by atoms with Crippen molar-refractivity contribution >= 4 is 27.1 Å². The number of nitrogens with zero attached hydrogens (tertiary/aromatic N) is 1. The molecule has 1 aliphatic rings. The second kappa shape index (κ2) is 5.48. The molecular weight excluding hydrogens is 294 g/mol. The summed E-state index contributed by atoms with van der Waals surface area (Å²) in [6, 6.07) is 3.74. The second-order valence-electron chi connectivity index (χ2n) is 6.20. The Balaban J connectivity index is 2.21. The molecule has 2 heterocycles. The molecule has 0 radical (unpaired) electrons. The van der Waals surface area contributed by atoms with E-state index in [0.29, 0.717) is 19.5 Å². The van der Waals surface area contributed by atoms with Crippen molar-refractivity contribution in [3.8, 4) is 0 Å². The van der Waals surface area contributed by atoms with Crippen LogP contribution in [0.1, 0.15) is 37.3 Å². The van der Waals surface area contributed by atoms with Crippen molar-refractivity contribution in [2.45, 2.75) is 32.4 Å². The maximum Gasteiger partial charge on any atom is 0.227 e. The molecule has 2 rings (SSSR count). The highest BCUT2D eigenvalue weighted by Gasteiger charge is 2.35. The lowest BCUT2D eigenvalue weighted by molar-refractivity contribution is -0.139. The minimum atomic E-state index is -3.18. The Morgan fingerprint density at radius 2 is 2.05 bits per heavy atom. The van der Waals surface area contributed by atoms with Crippen LogP contribution < -0.4 is 0 Å². The molecule has 0 spiro atoms. The molecule has 0 aliphatic carbocycles. The third-order valence-electron chi connectivity index (χ3n) is 3.53. The summed E-state index contributed by atoms with van der Waals surface area (Å²) < 4.78 is 24.8. The van der Waals surface area contributed by atoms with Gasteiger partial charge in [-0.3, -0.25) is 4.79 Å². The monoisotopic (exact) mass is 315 g/mol. The van der Waals surface area contributed by atoms with E-state index in [1.165, 1.54) is 11.3 Å². The van der Waals surface area contributed by atoms with Gasteiger partial charge in [-0.05, 0) is 17.9 Å². The first-order chi connectivity index (χ1) is 9.22. The van der Waals surface area contributed by atoms with E-state index >= 15 is 0 Å². The molecule has 0 saturated carbocycles. The summed E-state index contributed by atoms with van der Waals surface area (Å²) in [4.78, 5) is 14.9. The fourth-order valence-corrected chi connectivity index (χ4v) is 5.42. The van der Waals surface area contributed by atoms with Gasteiger partial charge < -0.3 is 4.90 Å². The highest BCUT2D eigenvalue weighted by Crippen LogP contribution is 2.33. The quantitative estimate of drug-likeness (QED) is 0.800. The molecule has 1 aliphatic heterocycles. The Morgan fingerprint density at radius 1 is 1.35 bits per heavy atom. The number of hydrogen-bond donors (Lipinski definition) is 0. The predicted octanol–water partition coefficient (Wildman–Crippen LogP) is 2.48. The molecule has 1 aromatic heterocycles. The van der Waals surface area contributed by atoms with Crippen molar-refractivity contribution in [2.24, 2.45) is 5.41 Å². The van der Waals surface area contributed by atoms with Gasteiger partial charge in [-0.1, -0.05) is 26.8 Å². The van der Waals surface area contributed by atoms with Crippen LogP contribution >= 0.6 is 11.3 Å². The van der Waals surface area contributed by atoms with E-state index in [1.807, 2.05) is 38.3 Å². The van der Waals surface area contributed by atoms with E-state index in [1.54, 1.807) is 4.90 Å². The smallest absolute Gasteiger partial charge is 0.227 e. The van der Waals surface area contributed by atoms with Crippen LogP contribution in [0.3, 0.4) is 0 Å². The van der Waals surface area contributed by atoms with E-state index < -0.39 is 20.5 Å². The van der Waals surface area contributed by atoms with Crippen molar-refractivity contribution in [1.82, 2.24) is 4.90 Å². The lowest BCUT2D eigenvalue weighted by atomic mass is 9.94. The van der Waals surface area contributed by atoms with E-state index in [4.69, 9.17) is 0 Å². The summed E-state index contributed by atoms with van der Waals surface area (Å²) >= 11 is 1.47. The van der Waals surface area contributed by atoms with E-state index in [2.05, 4.69) is 0 Å². The molecule has 1 fully saturated rings. The first kappa shape index (κ1) is 15.5. The van der Waals surface area contributed by atoms with Crippen molar-refractivity contribution in [2.75, 3.05) is 18.8 Å². The molecular formula is C14H21NO3S2. The van der Waals surface area contributed by atoms with Crippen molar-refractivity contribution in [3.05, 3.63) is 22.4 Å². The maximum absolute atomic E-state index is 12.4. The largest absolute Gasteiger partial charge is 0.341 e. The molecule has 4 nitrogen and oxygen atoms in total. The van der Waals surface area contributed by atoms with Gasteiger partial charge in [-0.25, -0.2) is 8.42 Å². The first-order valence-corrected chi connectivity index (χ1v) is 9.36. The zero-order valence-electron chi connectivity index (χ0n) is 12.1. The first-order valence-electron chi connectivity index (χ1n) is 6.76. The van der Waals surface area contributed by atoms with Gasteiger partial charge in [0.15, 0.2) is 9.84 Å². The lowest BCUT2D eigenvalue weighted by Crippen LogP contribution is -2.41. The number of carbonyl (C=O) groups excluding carboxylic acids is 1. The fourth-order valence-electron chi connectivity index (χ4n) is 2.42. The van der Waals surface area contributed by atoms with Crippen LogP contribution in [-0.2, 0) is 14.6 Å².